The van der Waals surface area contributed by atoms with E-state index in [-0.39, 0.29) is 0 Å². The Bertz CT molecular complexity index is 209. The van der Waals surface area contributed by atoms with Crippen LogP contribution in [0.3, 0.4) is 0 Å². The first-order valence-corrected chi connectivity index (χ1v) is 4.15. The van der Waals surface area contributed by atoms with Crippen molar-refractivity contribution in [3.05, 3.63) is 24.0 Å². The molecule has 0 bridgehead atoms. The molecule has 0 aromatic heterocycles. The van der Waals surface area contributed by atoms with E-state index in [4.69, 9.17) is 4.74 Å². The van der Waals surface area contributed by atoms with Crippen molar-refractivity contribution in [2.45, 2.75) is 6.92 Å². The van der Waals surface area contributed by atoms with E-state index in [1.54, 1.807) is 7.11 Å². The van der Waals surface area contributed by atoms with Gasteiger partial charge in [-0.2, -0.15) is 0 Å². The molecule has 0 saturated carbocycles. The molecule has 0 aromatic carbocycles. The van der Waals surface area contributed by atoms with E-state index in [0.29, 0.717) is 6.61 Å². The molecule has 0 N–H and O–H groups in total. The van der Waals surface area contributed by atoms with E-state index in [9.17, 15) is 0 Å². The van der Waals surface area contributed by atoms with Gasteiger partial charge < -0.3 is 9.64 Å². The van der Waals surface area contributed by atoms with Crippen LogP contribution in [0.5, 0.6) is 0 Å². The number of likely N-dealkylation sites (N-methyl/N-ethyl adjacent to an activating group) is 1. The number of nitrogens with zero attached hydrogens (tertiary/aromatic N) is 2. The van der Waals surface area contributed by atoms with Crippen LogP contribution in [-0.2, 0) is 4.74 Å². The molecule has 0 spiro atoms. The van der Waals surface area contributed by atoms with Gasteiger partial charge in [0, 0.05) is 32.1 Å². The second kappa shape index (κ2) is 6.43. The topological polar surface area (TPSA) is 24.8 Å². The summed E-state index contributed by atoms with van der Waals surface area (Å²) in [6, 6.07) is 0. The van der Waals surface area contributed by atoms with Gasteiger partial charge in [-0.3, -0.25) is 4.99 Å². The minimum absolute atomic E-state index is 0.698. The van der Waals surface area contributed by atoms with Crippen LogP contribution < -0.4 is 0 Å². The maximum Gasteiger partial charge on any atom is 0.0637 e. The summed E-state index contributed by atoms with van der Waals surface area (Å²) < 4.78 is 4.95. The van der Waals surface area contributed by atoms with Crippen LogP contribution >= 0.6 is 0 Å². The van der Waals surface area contributed by atoms with E-state index in [1.807, 2.05) is 24.9 Å². The van der Waals surface area contributed by atoms with Crippen LogP contribution in [-0.4, -0.2) is 38.9 Å². The minimum Gasteiger partial charge on any atom is -0.383 e. The number of aliphatic imine (C=N–C) groups is 1. The third-order valence-electron chi connectivity index (χ3n) is 1.75. The summed E-state index contributed by atoms with van der Waals surface area (Å²) in [5.74, 6) is 0. The van der Waals surface area contributed by atoms with Crippen LogP contribution in [0.25, 0.3) is 0 Å². The van der Waals surface area contributed by atoms with Gasteiger partial charge in [0.25, 0.3) is 0 Å². The molecule has 0 aliphatic carbocycles. The second-order valence-electron chi connectivity index (χ2n) is 2.85. The van der Waals surface area contributed by atoms with Crippen LogP contribution in [0, 0.1) is 0 Å². The van der Waals surface area contributed by atoms with Crippen molar-refractivity contribution < 1.29 is 4.74 Å². The van der Waals surface area contributed by atoms with Gasteiger partial charge in [0.1, 0.15) is 0 Å². The third kappa shape index (κ3) is 5.20. The summed E-state index contributed by atoms with van der Waals surface area (Å²) in [6.07, 6.45) is 1.89. The molecule has 0 aromatic rings. The SMILES string of the molecule is C=N/C(C)=C\C(=C)N(C)CCOC. The molecule has 0 fully saturated rings. The van der Waals surface area contributed by atoms with Crippen molar-refractivity contribution in [3.8, 4) is 0 Å². The molecule has 0 unspecified atom stereocenters. The predicted molar refractivity (Wildman–Crippen MR) is 57.0 cm³/mol. The molecule has 74 valence electrons. The van der Waals surface area contributed by atoms with Crippen LogP contribution in [0.1, 0.15) is 6.92 Å². The molecule has 0 atom stereocenters. The molecular formula is C10H18N2O. The lowest BCUT2D eigenvalue weighted by molar-refractivity contribution is 0.175. The first-order chi connectivity index (χ1) is 6.11. The summed E-state index contributed by atoms with van der Waals surface area (Å²) in [5, 5.41) is 0. The smallest absolute Gasteiger partial charge is 0.0637 e. The van der Waals surface area contributed by atoms with Crippen molar-refractivity contribution in [1.29, 1.82) is 0 Å². The van der Waals surface area contributed by atoms with Gasteiger partial charge in [0.2, 0.25) is 0 Å². The molecule has 3 nitrogen and oxygen atoms in total. The van der Waals surface area contributed by atoms with E-state index < -0.39 is 0 Å². The molecule has 0 aliphatic heterocycles. The van der Waals surface area contributed by atoms with Gasteiger partial charge >= 0.3 is 0 Å². The van der Waals surface area contributed by atoms with E-state index in [0.717, 1.165) is 17.9 Å². The van der Waals surface area contributed by atoms with E-state index >= 15 is 0 Å². The van der Waals surface area contributed by atoms with Gasteiger partial charge in [-0.25, -0.2) is 0 Å². The number of methoxy groups -OCH3 is 1. The average Bonchev–Trinajstić information content (AvgIpc) is 2.13. The lowest BCUT2D eigenvalue weighted by atomic mass is 10.3. The fourth-order valence-electron chi connectivity index (χ4n) is 0.769. The first-order valence-electron chi connectivity index (χ1n) is 4.15. The second-order valence-corrected chi connectivity index (χ2v) is 2.85. The summed E-state index contributed by atoms with van der Waals surface area (Å²) >= 11 is 0. The fourth-order valence-corrected chi connectivity index (χ4v) is 0.769. The van der Waals surface area contributed by atoms with Crippen LogP contribution in [0.15, 0.2) is 29.0 Å². The first kappa shape index (κ1) is 11.9. The number of hydrogen-bond acceptors (Lipinski definition) is 3. The van der Waals surface area contributed by atoms with Crippen LogP contribution in [0.4, 0.5) is 0 Å². The van der Waals surface area contributed by atoms with Crippen LogP contribution in [0.2, 0.25) is 0 Å². The van der Waals surface area contributed by atoms with Gasteiger partial charge in [0.05, 0.1) is 6.61 Å². The maximum atomic E-state index is 4.95. The Hall–Kier alpha value is -1.09. The lowest BCUT2D eigenvalue weighted by Gasteiger charge is -2.18. The number of allylic oxidation sites excluding steroid dienone is 2. The number of rotatable bonds is 6. The maximum absolute atomic E-state index is 4.95. The van der Waals surface area contributed by atoms with Crippen molar-refractivity contribution in [2.24, 2.45) is 4.99 Å². The molecule has 0 aliphatic rings. The Morgan fingerprint density at radius 1 is 1.62 bits per heavy atom. The van der Waals surface area contributed by atoms with Crippen molar-refractivity contribution in [2.75, 3.05) is 27.3 Å². The van der Waals surface area contributed by atoms with Crippen molar-refractivity contribution in [3.63, 3.8) is 0 Å². The zero-order valence-corrected chi connectivity index (χ0v) is 8.71. The molecule has 0 rings (SSSR count). The Morgan fingerprint density at radius 3 is 2.69 bits per heavy atom. The molecule has 0 radical (unpaired) electrons. The summed E-state index contributed by atoms with van der Waals surface area (Å²) in [7, 11) is 3.65. The highest BCUT2D eigenvalue weighted by Crippen LogP contribution is 2.04. The van der Waals surface area contributed by atoms with Gasteiger partial charge in [-0.05, 0) is 19.7 Å². The number of hydrogen-bond donors (Lipinski definition) is 0. The fraction of sp³-hybridized carbons (Fsp3) is 0.500. The van der Waals surface area contributed by atoms with Gasteiger partial charge in [-0.1, -0.05) is 6.58 Å². The van der Waals surface area contributed by atoms with Crippen molar-refractivity contribution >= 4 is 6.72 Å². The van der Waals surface area contributed by atoms with Gasteiger partial charge in [-0.15, -0.1) is 0 Å². The summed E-state index contributed by atoms with van der Waals surface area (Å²) in [4.78, 5) is 5.80. The highest BCUT2D eigenvalue weighted by atomic mass is 16.5. The quantitative estimate of drug-likeness (QED) is 0.461. The molecule has 0 heterocycles. The molecular weight excluding hydrogens is 164 g/mol. The average molecular weight is 182 g/mol. The Morgan fingerprint density at radius 2 is 2.23 bits per heavy atom. The summed E-state index contributed by atoms with van der Waals surface area (Å²) in [6.45, 7) is 10.8. The molecule has 0 saturated heterocycles. The zero-order valence-electron chi connectivity index (χ0n) is 8.71. The number of ether oxygens (including phenoxy) is 1. The lowest BCUT2D eigenvalue weighted by Crippen LogP contribution is -2.20. The zero-order chi connectivity index (χ0) is 10.3. The molecule has 0 amide bonds. The standard InChI is InChI=1S/C10H18N2O/c1-9(11-3)8-10(2)12(4)6-7-13-5/h8H,2-3,6-7H2,1,4-5H3/b9-8-. The summed E-state index contributed by atoms with van der Waals surface area (Å²) in [5.41, 5.74) is 1.79. The molecule has 13 heavy (non-hydrogen) atoms. The Balaban J connectivity index is 4.03. The monoisotopic (exact) mass is 182 g/mol. The Kier molecular flexibility index (Phi) is 5.89. The molecule has 3 heteroatoms. The Labute approximate surface area is 80.4 Å². The normalized spacial score (nSPS) is 11.2. The predicted octanol–water partition coefficient (Wildman–Crippen LogP) is 1.68. The van der Waals surface area contributed by atoms with E-state index in [1.165, 1.54) is 0 Å². The highest BCUT2D eigenvalue weighted by molar-refractivity contribution is 5.30. The largest absolute Gasteiger partial charge is 0.383 e. The van der Waals surface area contributed by atoms with Gasteiger partial charge in [0.15, 0.2) is 0 Å². The van der Waals surface area contributed by atoms with Crippen molar-refractivity contribution in [1.82, 2.24) is 4.90 Å². The minimum atomic E-state index is 0.698. The third-order valence-corrected chi connectivity index (χ3v) is 1.75. The highest BCUT2D eigenvalue weighted by Gasteiger charge is 1.98. The van der Waals surface area contributed by atoms with E-state index in [2.05, 4.69) is 18.3 Å².